The van der Waals surface area contributed by atoms with Crippen LogP contribution in [0.3, 0.4) is 0 Å². The molecule has 0 saturated carbocycles. The molecule has 100 valence electrons. The number of nitrogens with zero attached hydrogens (tertiary/aromatic N) is 1. The minimum atomic E-state index is -0.865. The predicted molar refractivity (Wildman–Crippen MR) is 73.9 cm³/mol. The highest BCUT2D eigenvalue weighted by Gasteiger charge is 2.27. The second kappa shape index (κ2) is 5.75. The lowest BCUT2D eigenvalue weighted by atomic mass is 10.3. The SMILES string of the molecule is CNC(=O)C(Sc1nc2ccccc2[nH]1)C(=O)NC. The van der Waals surface area contributed by atoms with Crippen LogP contribution in [0, 0.1) is 0 Å². The normalized spacial score (nSPS) is 10.7. The molecule has 19 heavy (non-hydrogen) atoms. The third-order valence-electron chi connectivity index (χ3n) is 2.57. The zero-order valence-corrected chi connectivity index (χ0v) is 11.4. The Labute approximate surface area is 114 Å². The lowest BCUT2D eigenvalue weighted by molar-refractivity contribution is -0.127. The molecule has 1 aromatic carbocycles. The number of carbonyl (C=O) groups is 2. The quantitative estimate of drug-likeness (QED) is 0.562. The standard InChI is InChI=1S/C12H14N4O2S/c1-13-10(17)9(11(18)14-2)19-12-15-7-5-3-4-6-8(7)16-12/h3-6,9H,1-2H3,(H,13,17)(H,14,18)(H,15,16). The molecule has 0 fully saturated rings. The molecule has 0 atom stereocenters. The lowest BCUT2D eigenvalue weighted by Crippen LogP contribution is -2.41. The smallest absolute Gasteiger partial charge is 0.242 e. The molecule has 0 aliphatic carbocycles. The van der Waals surface area contributed by atoms with Crippen LogP contribution in [0.15, 0.2) is 29.4 Å². The first-order chi connectivity index (χ1) is 9.15. The van der Waals surface area contributed by atoms with E-state index in [0.29, 0.717) is 5.16 Å². The van der Waals surface area contributed by atoms with Crippen molar-refractivity contribution in [2.75, 3.05) is 14.1 Å². The van der Waals surface area contributed by atoms with E-state index in [0.717, 1.165) is 22.8 Å². The minimum absolute atomic E-state index is 0.357. The van der Waals surface area contributed by atoms with Gasteiger partial charge in [-0.3, -0.25) is 9.59 Å². The number of rotatable bonds is 4. The highest BCUT2D eigenvalue weighted by molar-refractivity contribution is 8.01. The van der Waals surface area contributed by atoms with Gasteiger partial charge in [-0.05, 0) is 12.1 Å². The van der Waals surface area contributed by atoms with Gasteiger partial charge in [0.05, 0.1) is 11.0 Å². The van der Waals surface area contributed by atoms with E-state index < -0.39 is 5.25 Å². The highest BCUT2D eigenvalue weighted by Crippen LogP contribution is 2.23. The number of aromatic nitrogens is 2. The first-order valence-electron chi connectivity index (χ1n) is 5.70. The van der Waals surface area contributed by atoms with Crippen molar-refractivity contribution in [3.63, 3.8) is 0 Å². The van der Waals surface area contributed by atoms with Gasteiger partial charge < -0.3 is 15.6 Å². The summed E-state index contributed by atoms with van der Waals surface area (Å²) in [7, 11) is 2.99. The maximum Gasteiger partial charge on any atom is 0.242 e. The number of thioether (sulfide) groups is 1. The third-order valence-corrected chi connectivity index (χ3v) is 3.65. The summed E-state index contributed by atoms with van der Waals surface area (Å²) < 4.78 is 0. The van der Waals surface area contributed by atoms with E-state index in [9.17, 15) is 9.59 Å². The fourth-order valence-corrected chi connectivity index (χ4v) is 2.58. The van der Waals surface area contributed by atoms with Crippen molar-refractivity contribution in [2.24, 2.45) is 0 Å². The Hall–Kier alpha value is -2.02. The van der Waals surface area contributed by atoms with Crippen molar-refractivity contribution in [1.82, 2.24) is 20.6 Å². The highest BCUT2D eigenvalue weighted by atomic mass is 32.2. The minimum Gasteiger partial charge on any atom is -0.358 e. The van der Waals surface area contributed by atoms with Gasteiger partial charge in [0.15, 0.2) is 10.4 Å². The Morgan fingerprint density at radius 1 is 1.21 bits per heavy atom. The van der Waals surface area contributed by atoms with E-state index in [1.165, 1.54) is 14.1 Å². The number of aromatic amines is 1. The van der Waals surface area contributed by atoms with E-state index in [1.807, 2.05) is 24.3 Å². The number of benzene rings is 1. The molecule has 6 nitrogen and oxygen atoms in total. The first-order valence-corrected chi connectivity index (χ1v) is 6.58. The van der Waals surface area contributed by atoms with E-state index in [4.69, 9.17) is 0 Å². The number of amides is 2. The van der Waals surface area contributed by atoms with Crippen LogP contribution in [-0.2, 0) is 9.59 Å². The van der Waals surface area contributed by atoms with Gasteiger partial charge in [0.1, 0.15) is 0 Å². The van der Waals surface area contributed by atoms with Gasteiger partial charge in [-0.1, -0.05) is 23.9 Å². The Morgan fingerprint density at radius 2 is 1.84 bits per heavy atom. The Morgan fingerprint density at radius 3 is 2.42 bits per heavy atom. The van der Waals surface area contributed by atoms with Gasteiger partial charge in [0, 0.05) is 14.1 Å². The molecule has 0 radical (unpaired) electrons. The Bertz CT molecular complexity index is 562. The summed E-state index contributed by atoms with van der Waals surface area (Å²) in [6.45, 7) is 0. The zero-order chi connectivity index (χ0) is 13.8. The fraction of sp³-hybridized carbons (Fsp3) is 0.250. The van der Waals surface area contributed by atoms with Gasteiger partial charge in [0.2, 0.25) is 11.8 Å². The van der Waals surface area contributed by atoms with Gasteiger partial charge >= 0.3 is 0 Å². The molecule has 0 saturated heterocycles. The number of hydrogen-bond donors (Lipinski definition) is 3. The summed E-state index contributed by atoms with van der Waals surface area (Å²) in [5, 5.41) is 4.62. The molecule has 7 heteroatoms. The molecular formula is C12H14N4O2S. The molecule has 3 N–H and O–H groups in total. The molecule has 1 aromatic heterocycles. The summed E-state index contributed by atoms with van der Waals surface area (Å²) in [5.74, 6) is -0.713. The lowest BCUT2D eigenvalue weighted by Gasteiger charge is -2.11. The molecule has 1 heterocycles. The average Bonchev–Trinajstić information content (AvgIpc) is 2.85. The molecule has 0 unspecified atom stereocenters. The van der Waals surface area contributed by atoms with Crippen LogP contribution in [0.4, 0.5) is 0 Å². The second-order valence-electron chi connectivity index (χ2n) is 3.79. The second-order valence-corrected chi connectivity index (χ2v) is 4.88. The van der Waals surface area contributed by atoms with Crippen LogP contribution in [-0.4, -0.2) is 41.1 Å². The van der Waals surface area contributed by atoms with Crippen LogP contribution >= 0.6 is 11.8 Å². The number of fused-ring (bicyclic) bond motifs is 1. The molecular weight excluding hydrogens is 264 g/mol. The molecule has 2 amide bonds. The first kappa shape index (κ1) is 13.4. The number of carbonyl (C=O) groups excluding carboxylic acids is 2. The van der Waals surface area contributed by atoms with Crippen molar-refractivity contribution in [3.8, 4) is 0 Å². The Kier molecular flexibility index (Phi) is 4.06. The molecule has 0 bridgehead atoms. The summed E-state index contributed by atoms with van der Waals surface area (Å²) in [4.78, 5) is 30.8. The molecule has 0 spiro atoms. The van der Waals surface area contributed by atoms with Gasteiger partial charge in [-0.15, -0.1) is 0 Å². The van der Waals surface area contributed by atoms with Crippen molar-refractivity contribution in [1.29, 1.82) is 0 Å². The van der Waals surface area contributed by atoms with Crippen molar-refractivity contribution in [2.45, 2.75) is 10.4 Å². The van der Waals surface area contributed by atoms with E-state index >= 15 is 0 Å². The fourth-order valence-electron chi connectivity index (χ4n) is 1.59. The van der Waals surface area contributed by atoms with Crippen LogP contribution in [0.5, 0.6) is 0 Å². The third kappa shape index (κ3) is 2.87. The Balaban J connectivity index is 2.25. The number of nitrogens with one attached hydrogen (secondary N) is 3. The molecule has 0 aliphatic heterocycles. The number of imidazole rings is 1. The summed E-state index contributed by atoms with van der Waals surface area (Å²) in [6, 6.07) is 7.53. The molecule has 2 aromatic rings. The van der Waals surface area contributed by atoms with Crippen LogP contribution in [0.25, 0.3) is 11.0 Å². The maximum atomic E-state index is 11.7. The van der Waals surface area contributed by atoms with Crippen molar-refractivity contribution in [3.05, 3.63) is 24.3 Å². The predicted octanol–water partition coefficient (Wildman–Crippen LogP) is 0.516. The van der Waals surface area contributed by atoms with Gasteiger partial charge in [-0.25, -0.2) is 4.98 Å². The van der Waals surface area contributed by atoms with Crippen LogP contribution in [0.2, 0.25) is 0 Å². The van der Waals surface area contributed by atoms with E-state index in [1.54, 1.807) is 0 Å². The van der Waals surface area contributed by atoms with Crippen LogP contribution in [0.1, 0.15) is 0 Å². The van der Waals surface area contributed by atoms with Crippen LogP contribution < -0.4 is 10.6 Å². The molecule has 2 rings (SSSR count). The monoisotopic (exact) mass is 278 g/mol. The number of hydrogen-bond acceptors (Lipinski definition) is 4. The molecule has 0 aliphatic rings. The van der Waals surface area contributed by atoms with Crippen molar-refractivity contribution < 1.29 is 9.59 Å². The van der Waals surface area contributed by atoms with Gasteiger partial charge in [-0.2, -0.15) is 0 Å². The number of para-hydroxylation sites is 2. The van der Waals surface area contributed by atoms with Crippen molar-refractivity contribution >= 4 is 34.6 Å². The average molecular weight is 278 g/mol. The topological polar surface area (TPSA) is 86.9 Å². The van der Waals surface area contributed by atoms with Gasteiger partial charge in [0.25, 0.3) is 0 Å². The summed E-state index contributed by atoms with van der Waals surface area (Å²) in [6.07, 6.45) is 0. The number of H-pyrrole nitrogens is 1. The largest absolute Gasteiger partial charge is 0.358 e. The maximum absolute atomic E-state index is 11.7. The summed E-state index contributed by atoms with van der Waals surface area (Å²) in [5.41, 5.74) is 1.68. The zero-order valence-electron chi connectivity index (χ0n) is 10.6. The van der Waals surface area contributed by atoms with E-state index in [-0.39, 0.29) is 11.8 Å². The van der Waals surface area contributed by atoms with E-state index in [2.05, 4.69) is 20.6 Å². The summed E-state index contributed by atoms with van der Waals surface area (Å²) >= 11 is 1.09.